The van der Waals surface area contributed by atoms with Gasteiger partial charge in [-0.1, -0.05) is 18.2 Å². The fraction of sp³-hybridized carbons (Fsp3) is 0.154. The van der Waals surface area contributed by atoms with E-state index in [1.165, 1.54) is 0 Å². The lowest BCUT2D eigenvalue weighted by Crippen LogP contribution is -2.13. The fourth-order valence-corrected chi connectivity index (χ4v) is 2.52. The van der Waals surface area contributed by atoms with Gasteiger partial charge in [0.15, 0.2) is 0 Å². The van der Waals surface area contributed by atoms with Gasteiger partial charge in [-0.15, -0.1) is 0 Å². The van der Waals surface area contributed by atoms with E-state index in [2.05, 4.69) is 32.3 Å². The fourth-order valence-electron chi connectivity index (χ4n) is 2.06. The van der Waals surface area contributed by atoms with Gasteiger partial charge in [0.25, 0.3) is 0 Å². The number of rotatable bonds is 2. The van der Waals surface area contributed by atoms with Crippen LogP contribution in [0, 0.1) is 0 Å². The summed E-state index contributed by atoms with van der Waals surface area (Å²) >= 11 is 3.45. The number of aromatic nitrogens is 1. The van der Waals surface area contributed by atoms with Crippen LogP contribution in [-0.4, -0.2) is 11.6 Å². The molecule has 5 heteroatoms. The average Bonchev–Trinajstić information content (AvgIpc) is 2.77. The minimum Gasteiger partial charge on any atom is -0.491 e. The van der Waals surface area contributed by atoms with Gasteiger partial charge in [0.05, 0.1) is 28.1 Å². The second-order valence-electron chi connectivity index (χ2n) is 4.13. The third kappa shape index (κ3) is 1.90. The molecule has 0 aliphatic carbocycles. The van der Waals surface area contributed by atoms with Crippen molar-refractivity contribution in [2.45, 2.75) is 6.04 Å². The lowest BCUT2D eigenvalue weighted by atomic mass is 10.1. The second-order valence-corrected chi connectivity index (χ2v) is 4.99. The van der Waals surface area contributed by atoms with E-state index in [4.69, 9.17) is 10.5 Å². The molecule has 18 heavy (non-hydrogen) atoms. The first-order valence-electron chi connectivity index (χ1n) is 5.63. The number of pyridine rings is 1. The Balaban J connectivity index is 1.91. The maximum atomic E-state index is 5.92. The molecule has 2 aromatic rings. The number of ether oxygens (including phenoxy) is 1. The molecule has 92 valence electrons. The van der Waals surface area contributed by atoms with Gasteiger partial charge >= 0.3 is 0 Å². The van der Waals surface area contributed by atoms with E-state index in [-0.39, 0.29) is 6.04 Å². The molecule has 1 aliphatic rings. The number of anilines is 2. The van der Waals surface area contributed by atoms with Gasteiger partial charge in [-0.25, -0.2) is 0 Å². The molecule has 1 atom stereocenters. The van der Waals surface area contributed by atoms with Gasteiger partial charge in [-0.05, 0) is 22.0 Å². The normalized spacial score (nSPS) is 17.1. The molecule has 0 fully saturated rings. The molecule has 0 spiro atoms. The molecule has 0 saturated carbocycles. The predicted molar refractivity (Wildman–Crippen MR) is 74.7 cm³/mol. The van der Waals surface area contributed by atoms with Crippen molar-refractivity contribution in [3.05, 3.63) is 46.7 Å². The van der Waals surface area contributed by atoms with E-state index in [1.54, 1.807) is 12.4 Å². The molecule has 1 aromatic carbocycles. The largest absolute Gasteiger partial charge is 0.491 e. The van der Waals surface area contributed by atoms with Crippen LogP contribution in [0.2, 0.25) is 0 Å². The van der Waals surface area contributed by atoms with Crippen LogP contribution in [0.25, 0.3) is 0 Å². The molecule has 1 aliphatic heterocycles. The van der Waals surface area contributed by atoms with Gasteiger partial charge in [0.1, 0.15) is 12.4 Å². The highest BCUT2D eigenvalue weighted by atomic mass is 79.9. The summed E-state index contributed by atoms with van der Waals surface area (Å²) in [6.45, 7) is 0.605. The number of hydrogen-bond acceptors (Lipinski definition) is 4. The Morgan fingerprint density at radius 2 is 2.17 bits per heavy atom. The summed E-state index contributed by atoms with van der Waals surface area (Å²) in [4.78, 5) is 4.02. The van der Waals surface area contributed by atoms with E-state index < -0.39 is 0 Å². The number of fused-ring (bicyclic) bond motifs is 1. The highest BCUT2D eigenvalue weighted by Crippen LogP contribution is 2.37. The number of nitrogens with one attached hydrogen (secondary N) is 1. The number of nitrogens with zero attached hydrogens (tertiary/aromatic N) is 1. The molecule has 4 nitrogen and oxygen atoms in total. The van der Waals surface area contributed by atoms with Crippen molar-refractivity contribution in [3.63, 3.8) is 0 Å². The average molecular weight is 306 g/mol. The van der Waals surface area contributed by atoms with Crippen LogP contribution in [0.5, 0.6) is 5.75 Å². The van der Waals surface area contributed by atoms with E-state index in [1.807, 2.05) is 18.2 Å². The van der Waals surface area contributed by atoms with Crippen LogP contribution in [0.4, 0.5) is 11.4 Å². The highest BCUT2D eigenvalue weighted by Gasteiger charge is 2.24. The molecule has 0 radical (unpaired) electrons. The number of para-hydroxylation sites is 1. The smallest absolute Gasteiger partial charge is 0.124 e. The van der Waals surface area contributed by atoms with Crippen molar-refractivity contribution in [1.82, 2.24) is 4.98 Å². The Morgan fingerprint density at radius 3 is 3.00 bits per heavy atom. The van der Waals surface area contributed by atoms with Crippen LogP contribution in [0.3, 0.4) is 0 Å². The maximum absolute atomic E-state index is 5.92. The van der Waals surface area contributed by atoms with Crippen molar-refractivity contribution >= 4 is 27.3 Å². The Kier molecular flexibility index (Phi) is 2.83. The Morgan fingerprint density at radius 1 is 1.33 bits per heavy atom. The molecule has 3 N–H and O–H groups in total. The zero-order valence-corrected chi connectivity index (χ0v) is 11.1. The van der Waals surface area contributed by atoms with Gasteiger partial charge in [0, 0.05) is 11.8 Å². The summed E-state index contributed by atoms with van der Waals surface area (Å²) in [6, 6.07) is 8.13. The van der Waals surface area contributed by atoms with Crippen molar-refractivity contribution in [1.29, 1.82) is 0 Å². The van der Waals surface area contributed by atoms with Gasteiger partial charge in [-0.2, -0.15) is 0 Å². The molecule has 3 rings (SSSR count). The lowest BCUT2D eigenvalue weighted by molar-refractivity contribution is 0.340. The first-order valence-corrected chi connectivity index (χ1v) is 6.42. The SMILES string of the molecule is Nc1cncc(Br)c1NC1COc2ccccc21. The van der Waals surface area contributed by atoms with E-state index in [0.717, 1.165) is 21.5 Å². The Bertz CT molecular complexity index is 568. The number of benzene rings is 1. The van der Waals surface area contributed by atoms with Gasteiger partial charge in [-0.3, -0.25) is 4.98 Å². The zero-order valence-electron chi connectivity index (χ0n) is 9.56. The lowest BCUT2D eigenvalue weighted by Gasteiger charge is -2.16. The maximum Gasteiger partial charge on any atom is 0.124 e. The monoisotopic (exact) mass is 305 g/mol. The molecule has 1 unspecified atom stereocenters. The first-order chi connectivity index (χ1) is 8.75. The summed E-state index contributed by atoms with van der Waals surface area (Å²) in [5.74, 6) is 0.929. The van der Waals surface area contributed by atoms with E-state index >= 15 is 0 Å². The van der Waals surface area contributed by atoms with Crippen LogP contribution < -0.4 is 15.8 Å². The zero-order chi connectivity index (χ0) is 12.5. The van der Waals surface area contributed by atoms with Gasteiger partial charge < -0.3 is 15.8 Å². The summed E-state index contributed by atoms with van der Waals surface area (Å²) in [7, 11) is 0. The molecule has 1 aromatic heterocycles. The Hall–Kier alpha value is -1.75. The summed E-state index contributed by atoms with van der Waals surface area (Å²) in [5.41, 5.74) is 8.55. The van der Waals surface area contributed by atoms with Crippen LogP contribution in [-0.2, 0) is 0 Å². The first kappa shape index (κ1) is 11.3. The topological polar surface area (TPSA) is 60.2 Å². The Labute approximate surface area is 113 Å². The minimum absolute atomic E-state index is 0.113. The number of halogens is 1. The molecular weight excluding hydrogens is 294 g/mol. The van der Waals surface area contributed by atoms with Crippen LogP contribution in [0.15, 0.2) is 41.1 Å². The van der Waals surface area contributed by atoms with E-state index in [0.29, 0.717) is 12.3 Å². The van der Waals surface area contributed by atoms with Crippen molar-refractivity contribution in [2.75, 3.05) is 17.7 Å². The molecular formula is C13H12BrN3O. The third-order valence-electron chi connectivity index (χ3n) is 2.95. The summed E-state index contributed by atoms with van der Waals surface area (Å²) in [6.07, 6.45) is 3.36. The molecule has 0 amide bonds. The standard InChI is InChI=1S/C13H12BrN3O/c14-9-5-16-6-10(15)13(9)17-11-7-18-12-4-2-1-3-8(11)12/h1-6,11H,7,15H2,(H,16,17). The third-order valence-corrected chi connectivity index (χ3v) is 3.55. The molecule has 2 heterocycles. The van der Waals surface area contributed by atoms with Gasteiger partial charge in [0.2, 0.25) is 0 Å². The second kappa shape index (κ2) is 4.49. The summed E-state index contributed by atoms with van der Waals surface area (Å²) < 4.78 is 6.48. The number of nitrogens with two attached hydrogens (primary N) is 1. The van der Waals surface area contributed by atoms with Crippen LogP contribution >= 0.6 is 15.9 Å². The van der Waals surface area contributed by atoms with Crippen LogP contribution in [0.1, 0.15) is 11.6 Å². The van der Waals surface area contributed by atoms with E-state index in [9.17, 15) is 0 Å². The number of nitrogen functional groups attached to an aromatic ring is 1. The van der Waals surface area contributed by atoms with Crippen molar-refractivity contribution in [2.24, 2.45) is 0 Å². The van der Waals surface area contributed by atoms with Crippen molar-refractivity contribution < 1.29 is 4.74 Å². The highest BCUT2D eigenvalue weighted by molar-refractivity contribution is 9.10. The quantitative estimate of drug-likeness (QED) is 0.895. The molecule has 0 bridgehead atoms. The predicted octanol–water partition coefficient (Wildman–Crippen LogP) is 2.97. The summed E-state index contributed by atoms with van der Waals surface area (Å²) in [5, 5.41) is 3.40. The number of hydrogen-bond donors (Lipinski definition) is 2. The molecule has 0 saturated heterocycles. The van der Waals surface area contributed by atoms with Crippen molar-refractivity contribution in [3.8, 4) is 5.75 Å². The minimum atomic E-state index is 0.113.